The highest BCUT2D eigenvalue weighted by Crippen LogP contribution is 2.15. The van der Waals surface area contributed by atoms with Crippen molar-refractivity contribution < 1.29 is 9.37 Å². The molecule has 0 spiro atoms. The summed E-state index contributed by atoms with van der Waals surface area (Å²) in [6.45, 7) is 2.27. The van der Waals surface area contributed by atoms with Gasteiger partial charge in [-0.3, -0.25) is 4.99 Å². The minimum Gasteiger partial charge on any atom is -0.393 e. The SMILES string of the molecule is Cc1ccccc1C(C=C(N)c1cccc[nH+]1)=NCc1ccccc1F. The predicted octanol–water partition coefficient (Wildman–Crippen LogP) is 3.94. The topological polar surface area (TPSA) is 52.5 Å². The zero-order valence-electron chi connectivity index (χ0n) is 14.6. The predicted molar refractivity (Wildman–Crippen MR) is 103 cm³/mol. The third-order valence-electron chi connectivity index (χ3n) is 4.11. The fourth-order valence-electron chi connectivity index (χ4n) is 2.66. The summed E-state index contributed by atoms with van der Waals surface area (Å²) in [6, 6.07) is 20.3. The van der Waals surface area contributed by atoms with Gasteiger partial charge in [-0.05, 0) is 30.7 Å². The number of halogens is 1. The van der Waals surface area contributed by atoms with E-state index in [1.165, 1.54) is 6.07 Å². The molecule has 26 heavy (non-hydrogen) atoms. The summed E-state index contributed by atoms with van der Waals surface area (Å²) in [5, 5.41) is 0. The standard InChI is InChI=1S/C22H20FN3/c1-16-8-2-4-10-18(16)22(14-20(24)21-12-6-7-13-25-21)26-15-17-9-3-5-11-19(17)23/h2-14H,15,24H2,1H3/p+1. The van der Waals surface area contributed by atoms with Crippen LogP contribution >= 0.6 is 0 Å². The van der Waals surface area contributed by atoms with Crippen LogP contribution in [0.5, 0.6) is 0 Å². The number of benzene rings is 2. The number of H-pyrrole nitrogens is 1. The van der Waals surface area contributed by atoms with E-state index in [-0.39, 0.29) is 12.4 Å². The van der Waals surface area contributed by atoms with Crippen molar-refractivity contribution in [1.29, 1.82) is 0 Å². The van der Waals surface area contributed by atoms with Crippen LogP contribution in [0.4, 0.5) is 4.39 Å². The van der Waals surface area contributed by atoms with Crippen LogP contribution in [0.1, 0.15) is 22.4 Å². The van der Waals surface area contributed by atoms with Crippen molar-refractivity contribution in [2.24, 2.45) is 10.7 Å². The van der Waals surface area contributed by atoms with Crippen LogP contribution < -0.4 is 10.7 Å². The van der Waals surface area contributed by atoms with Crippen molar-refractivity contribution >= 4 is 11.4 Å². The van der Waals surface area contributed by atoms with E-state index in [9.17, 15) is 4.39 Å². The molecular formula is C22H21FN3+. The lowest BCUT2D eigenvalue weighted by atomic mass is 10.0. The van der Waals surface area contributed by atoms with E-state index in [4.69, 9.17) is 5.73 Å². The van der Waals surface area contributed by atoms with Crippen molar-refractivity contribution in [3.63, 3.8) is 0 Å². The third-order valence-corrected chi connectivity index (χ3v) is 4.11. The molecule has 4 heteroatoms. The molecule has 3 aromatic rings. The Morgan fingerprint density at radius 1 is 1.04 bits per heavy atom. The molecule has 1 heterocycles. The average Bonchev–Trinajstić information content (AvgIpc) is 2.67. The number of hydrogen-bond acceptors (Lipinski definition) is 2. The number of aromatic amines is 1. The van der Waals surface area contributed by atoms with Crippen LogP contribution in [0.3, 0.4) is 0 Å². The Balaban J connectivity index is 2.01. The first-order valence-corrected chi connectivity index (χ1v) is 8.43. The Bertz CT molecular complexity index is 946. The molecular weight excluding hydrogens is 325 g/mol. The molecule has 0 saturated carbocycles. The molecule has 0 bridgehead atoms. The van der Waals surface area contributed by atoms with Gasteiger partial charge in [0.2, 0.25) is 5.69 Å². The highest BCUT2D eigenvalue weighted by Gasteiger charge is 2.09. The molecule has 0 unspecified atom stereocenters. The number of aromatic nitrogens is 1. The molecule has 0 aliphatic rings. The van der Waals surface area contributed by atoms with Gasteiger partial charge < -0.3 is 5.73 Å². The minimum absolute atomic E-state index is 0.249. The van der Waals surface area contributed by atoms with E-state index in [1.807, 2.05) is 67.7 Å². The summed E-state index contributed by atoms with van der Waals surface area (Å²) in [4.78, 5) is 7.77. The quantitative estimate of drug-likeness (QED) is 0.699. The van der Waals surface area contributed by atoms with Gasteiger partial charge in [-0.1, -0.05) is 42.5 Å². The van der Waals surface area contributed by atoms with Gasteiger partial charge in [0, 0.05) is 23.3 Å². The summed E-state index contributed by atoms with van der Waals surface area (Å²) < 4.78 is 13.9. The normalized spacial score (nSPS) is 12.2. The Morgan fingerprint density at radius 3 is 2.50 bits per heavy atom. The van der Waals surface area contributed by atoms with Crippen LogP contribution in [0.2, 0.25) is 0 Å². The lowest BCUT2D eigenvalue weighted by molar-refractivity contribution is -0.381. The van der Waals surface area contributed by atoms with Gasteiger partial charge in [0.05, 0.1) is 12.3 Å². The zero-order valence-corrected chi connectivity index (χ0v) is 14.6. The molecule has 0 aliphatic carbocycles. The summed E-state index contributed by atoms with van der Waals surface area (Å²) in [6.07, 6.45) is 3.65. The summed E-state index contributed by atoms with van der Waals surface area (Å²) in [5.74, 6) is -0.256. The van der Waals surface area contributed by atoms with Gasteiger partial charge in [-0.15, -0.1) is 0 Å². The molecule has 0 amide bonds. The molecule has 0 atom stereocenters. The molecule has 3 rings (SSSR count). The van der Waals surface area contributed by atoms with Crippen LogP contribution in [0.25, 0.3) is 5.70 Å². The Morgan fingerprint density at radius 2 is 1.77 bits per heavy atom. The Labute approximate surface area is 152 Å². The number of nitrogens with two attached hydrogens (primary N) is 1. The largest absolute Gasteiger partial charge is 0.393 e. The first kappa shape index (κ1) is 17.5. The molecule has 3 nitrogen and oxygen atoms in total. The second-order valence-corrected chi connectivity index (χ2v) is 5.98. The molecule has 0 radical (unpaired) electrons. The molecule has 0 aliphatic heterocycles. The number of nitrogens with one attached hydrogen (secondary N) is 1. The summed E-state index contributed by atoms with van der Waals surface area (Å²) >= 11 is 0. The summed E-state index contributed by atoms with van der Waals surface area (Å²) in [5.41, 5.74) is 11.0. The minimum atomic E-state index is -0.256. The molecule has 3 N–H and O–H groups in total. The van der Waals surface area contributed by atoms with Crippen molar-refractivity contribution in [1.82, 2.24) is 0 Å². The van der Waals surface area contributed by atoms with Gasteiger partial charge >= 0.3 is 0 Å². The smallest absolute Gasteiger partial charge is 0.226 e. The van der Waals surface area contributed by atoms with Crippen LogP contribution in [-0.4, -0.2) is 5.71 Å². The van der Waals surface area contributed by atoms with Crippen LogP contribution in [-0.2, 0) is 6.54 Å². The first-order valence-electron chi connectivity index (χ1n) is 8.43. The molecule has 0 saturated heterocycles. The molecule has 2 aromatic carbocycles. The second-order valence-electron chi connectivity index (χ2n) is 5.98. The van der Waals surface area contributed by atoms with E-state index in [1.54, 1.807) is 12.1 Å². The van der Waals surface area contributed by atoms with E-state index in [0.717, 1.165) is 22.5 Å². The summed E-state index contributed by atoms with van der Waals surface area (Å²) in [7, 11) is 0. The third kappa shape index (κ3) is 4.22. The molecule has 130 valence electrons. The maximum absolute atomic E-state index is 13.9. The average molecular weight is 346 g/mol. The Hall–Kier alpha value is -3.27. The lowest BCUT2D eigenvalue weighted by Gasteiger charge is -2.08. The second kappa shape index (κ2) is 8.21. The monoisotopic (exact) mass is 346 g/mol. The number of rotatable bonds is 5. The number of pyridine rings is 1. The highest BCUT2D eigenvalue weighted by atomic mass is 19.1. The number of hydrogen-bond donors (Lipinski definition) is 1. The van der Waals surface area contributed by atoms with E-state index in [2.05, 4.69) is 9.98 Å². The number of allylic oxidation sites excluding steroid dienone is 1. The van der Waals surface area contributed by atoms with Gasteiger partial charge in [0.1, 0.15) is 11.5 Å². The van der Waals surface area contributed by atoms with Gasteiger partial charge in [0.15, 0.2) is 6.20 Å². The molecule has 1 aromatic heterocycles. The fourth-order valence-corrected chi connectivity index (χ4v) is 2.66. The highest BCUT2D eigenvalue weighted by molar-refractivity contribution is 6.12. The first-order chi connectivity index (χ1) is 12.6. The molecule has 0 fully saturated rings. The zero-order chi connectivity index (χ0) is 18.4. The number of nitrogens with zero attached hydrogens (tertiary/aromatic N) is 1. The van der Waals surface area contributed by atoms with Crippen molar-refractivity contribution in [2.45, 2.75) is 13.5 Å². The Kier molecular flexibility index (Phi) is 5.54. The van der Waals surface area contributed by atoms with E-state index < -0.39 is 0 Å². The fraction of sp³-hybridized carbons (Fsp3) is 0.0909. The van der Waals surface area contributed by atoms with Gasteiger partial charge in [-0.25, -0.2) is 9.37 Å². The van der Waals surface area contributed by atoms with Gasteiger partial charge in [0.25, 0.3) is 0 Å². The van der Waals surface area contributed by atoms with E-state index >= 15 is 0 Å². The van der Waals surface area contributed by atoms with Crippen LogP contribution in [0.15, 0.2) is 84.0 Å². The number of aliphatic imine (C=N–C) groups is 1. The lowest BCUT2D eigenvalue weighted by Crippen LogP contribution is -2.14. The number of aryl methyl sites for hydroxylation is 1. The van der Waals surface area contributed by atoms with E-state index in [0.29, 0.717) is 11.3 Å². The van der Waals surface area contributed by atoms with Crippen molar-refractivity contribution in [2.75, 3.05) is 0 Å². The van der Waals surface area contributed by atoms with Gasteiger partial charge in [-0.2, -0.15) is 0 Å². The van der Waals surface area contributed by atoms with Crippen molar-refractivity contribution in [3.8, 4) is 0 Å². The maximum atomic E-state index is 13.9. The van der Waals surface area contributed by atoms with Crippen LogP contribution in [0, 0.1) is 12.7 Å². The van der Waals surface area contributed by atoms with Crippen molar-refractivity contribution in [3.05, 3.63) is 107 Å². The maximum Gasteiger partial charge on any atom is 0.226 e.